The highest BCUT2D eigenvalue weighted by Gasteiger charge is 2.38. The van der Waals surface area contributed by atoms with Crippen LogP contribution in [0, 0.1) is 10.1 Å². The average Bonchev–Trinajstić information content (AvgIpc) is 2.23. The Hall–Kier alpha value is -2.53. The highest BCUT2D eigenvalue weighted by Crippen LogP contribution is 2.38. The van der Waals surface area contributed by atoms with Gasteiger partial charge in [0.25, 0.3) is 6.43 Å². The van der Waals surface area contributed by atoms with Gasteiger partial charge in [0.2, 0.25) is 5.75 Å². The molecule has 0 unspecified atom stereocenters. The number of ether oxygens (including phenoxy) is 1. The lowest BCUT2D eigenvalue weighted by atomic mass is 10.2. The van der Waals surface area contributed by atoms with Gasteiger partial charge in [-0.25, -0.2) is 13.8 Å². The van der Waals surface area contributed by atoms with Crippen molar-refractivity contribution in [1.82, 2.24) is 4.98 Å². The standard InChI is InChI=1S/C9H5F5N2O5/c10-8(11)6-7(16(19)20)4(21-9(12,13)14)1-3(15-6)2-5(17)18/h1,8H,2H2,(H,17,18). The van der Waals surface area contributed by atoms with E-state index in [4.69, 9.17) is 5.11 Å². The molecule has 1 aromatic heterocycles. The summed E-state index contributed by atoms with van der Waals surface area (Å²) in [5, 5.41) is 19.1. The van der Waals surface area contributed by atoms with Crippen molar-refractivity contribution >= 4 is 11.7 Å². The van der Waals surface area contributed by atoms with E-state index >= 15 is 0 Å². The summed E-state index contributed by atoms with van der Waals surface area (Å²) in [6, 6.07) is 0.283. The number of nitro groups is 1. The van der Waals surface area contributed by atoms with Crippen LogP contribution >= 0.6 is 0 Å². The number of hydrogen-bond acceptors (Lipinski definition) is 5. The van der Waals surface area contributed by atoms with E-state index in [0.717, 1.165) is 0 Å². The molecule has 12 heteroatoms. The fourth-order valence-electron chi connectivity index (χ4n) is 1.37. The predicted molar refractivity (Wildman–Crippen MR) is 53.9 cm³/mol. The zero-order valence-electron chi connectivity index (χ0n) is 9.73. The Balaban J connectivity index is 3.51. The second-order valence-electron chi connectivity index (χ2n) is 3.52. The van der Waals surface area contributed by atoms with Crippen LogP contribution in [0.15, 0.2) is 6.07 Å². The minimum absolute atomic E-state index is 0.283. The minimum atomic E-state index is -5.38. The van der Waals surface area contributed by atoms with E-state index < -0.39 is 52.9 Å². The molecule has 0 amide bonds. The summed E-state index contributed by atoms with van der Waals surface area (Å²) >= 11 is 0. The molecule has 0 atom stereocenters. The number of aliphatic carboxylic acids is 1. The van der Waals surface area contributed by atoms with Gasteiger partial charge in [0, 0.05) is 6.07 Å². The highest BCUT2D eigenvalue weighted by atomic mass is 19.4. The third kappa shape index (κ3) is 4.50. The van der Waals surface area contributed by atoms with E-state index in [0.29, 0.717) is 0 Å². The van der Waals surface area contributed by atoms with Crippen LogP contribution in [0.1, 0.15) is 17.8 Å². The van der Waals surface area contributed by atoms with Gasteiger partial charge < -0.3 is 9.84 Å². The monoisotopic (exact) mass is 316 g/mol. The average molecular weight is 316 g/mol. The molecule has 0 spiro atoms. The van der Waals surface area contributed by atoms with Crippen LogP contribution in [0.4, 0.5) is 27.6 Å². The first kappa shape index (κ1) is 16.5. The molecule has 1 heterocycles. The van der Waals surface area contributed by atoms with Crippen LogP contribution in [0.5, 0.6) is 5.75 Å². The van der Waals surface area contributed by atoms with Crippen molar-refractivity contribution in [1.29, 1.82) is 0 Å². The molecule has 0 saturated heterocycles. The first-order chi connectivity index (χ1) is 9.51. The lowest BCUT2D eigenvalue weighted by Gasteiger charge is -2.12. The van der Waals surface area contributed by atoms with Gasteiger partial charge >= 0.3 is 18.0 Å². The van der Waals surface area contributed by atoms with Crippen molar-refractivity contribution in [2.75, 3.05) is 0 Å². The van der Waals surface area contributed by atoms with Crippen molar-refractivity contribution in [3.8, 4) is 5.75 Å². The molecule has 7 nitrogen and oxygen atoms in total. The summed E-state index contributed by atoms with van der Waals surface area (Å²) in [6.45, 7) is 0. The third-order valence-electron chi connectivity index (χ3n) is 1.99. The van der Waals surface area contributed by atoms with Gasteiger partial charge in [0.1, 0.15) is 0 Å². The summed E-state index contributed by atoms with van der Waals surface area (Å²) in [7, 11) is 0. The van der Waals surface area contributed by atoms with Gasteiger partial charge in [-0.2, -0.15) is 0 Å². The van der Waals surface area contributed by atoms with E-state index in [-0.39, 0.29) is 6.07 Å². The third-order valence-corrected chi connectivity index (χ3v) is 1.99. The van der Waals surface area contributed by atoms with Gasteiger partial charge in [0.15, 0.2) is 5.69 Å². The normalized spacial score (nSPS) is 11.5. The molecule has 1 aromatic rings. The molecule has 0 fully saturated rings. The molecule has 1 rings (SSSR count). The van der Waals surface area contributed by atoms with Crippen molar-refractivity contribution in [2.24, 2.45) is 0 Å². The van der Waals surface area contributed by atoms with Crippen LogP contribution in [-0.4, -0.2) is 27.3 Å². The van der Waals surface area contributed by atoms with Crippen molar-refractivity contribution in [3.63, 3.8) is 0 Å². The lowest BCUT2D eigenvalue weighted by molar-refractivity contribution is -0.390. The number of halogens is 5. The maximum absolute atomic E-state index is 12.7. The predicted octanol–water partition coefficient (Wildman–Crippen LogP) is 2.45. The SMILES string of the molecule is O=C(O)Cc1cc(OC(F)(F)F)c([N+](=O)[O-])c(C(F)F)n1. The molecule has 0 aliphatic rings. The highest BCUT2D eigenvalue weighted by molar-refractivity contribution is 5.70. The molecular formula is C9H5F5N2O5. The summed E-state index contributed by atoms with van der Waals surface area (Å²) in [6.07, 6.45) is -9.98. The van der Waals surface area contributed by atoms with Crippen LogP contribution in [-0.2, 0) is 11.2 Å². The quantitative estimate of drug-likeness (QED) is 0.508. The second kappa shape index (κ2) is 5.85. The number of carboxylic acid groups (broad SMARTS) is 1. The molecule has 116 valence electrons. The zero-order chi connectivity index (χ0) is 16.4. The van der Waals surface area contributed by atoms with Crippen LogP contribution in [0.25, 0.3) is 0 Å². The van der Waals surface area contributed by atoms with Crippen molar-refractivity contribution in [3.05, 3.63) is 27.6 Å². The lowest BCUT2D eigenvalue weighted by Crippen LogP contribution is -2.19. The molecule has 0 aliphatic carbocycles. The molecule has 0 bridgehead atoms. The van der Waals surface area contributed by atoms with Crippen molar-refractivity contribution in [2.45, 2.75) is 19.2 Å². The first-order valence-corrected chi connectivity index (χ1v) is 4.95. The summed E-state index contributed by atoms with van der Waals surface area (Å²) in [5.74, 6) is -3.12. The Morgan fingerprint density at radius 3 is 2.43 bits per heavy atom. The maximum Gasteiger partial charge on any atom is 0.573 e. The number of alkyl halides is 5. The molecule has 0 saturated carbocycles. The van der Waals surface area contributed by atoms with Crippen LogP contribution in [0.2, 0.25) is 0 Å². The Bertz CT molecular complexity index is 574. The van der Waals surface area contributed by atoms with Crippen LogP contribution < -0.4 is 4.74 Å². The zero-order valence-corrected chi connectivity index (χ0v) is 9.73. The Morgan fingerprint density at radius 2 is 2.05 bits per heavy atom. The van der Waals surface area contributed by atoms with E-state index in [2.05, 4.69) is 9.72 Å². The van der Waals surface area contributed by atoms with Gasteiger partial charge in [0.05, 0.1) is 17.0 Å². The number of hydrogen-bond donors (Lipinski definition) is 1. The van der Waals surface area contributed by atoms with Gasteiger partial charge in [-0.15, -0.1) is 13.2 Å². The fraction of sp³-hybridized carbons (Fsp3) is 0.333. The number of pyridine rings is 1. The number of carbonyl (C=O) groups is 1. The number of rotatable bonds is 5. The molecule has 0 radical (unpaired) electrons. The summed E-state index contributed by atoms with van der Waals surface area (Å²) < 4.78 is 65.1. The summed E-state index contributed by atoms with van der Waals surface area (Å²) in [5.41, 5.74) is -4.00. The van der Waals surface area contributed by atoms with Crippen LogP contribution in [0.3, 0.4) is 0 Å². The first-order valence-electron chi connectivity index (χ1n) is 4.95. The largest absolute Gasteiger partial charge is 0.573 e. The Kier molecular flexibility index (Phi) is 4.60. The summed E-state index contributed by atoms with van der Waals surface area (Å²) in [4.78, 5) is 22.6. The fourth-order valence-corrected chi connectivity index (χ4v) is 1.37. The van der Waals surface area contributed by atoms with E-state index in [1.807, 2.05) is 0 Å². The van der Waals surface area contributed by atoms with Gasteiger partial charge in [-0.3, -0.25) is 14.9 Å². The molecule has 1 N–H and O–H groups in total. The Morgan fingerprint density at radius 1 is 1.48 bits per heavy atom. The van der Waals surface area contributed by atoms with Crippen molar-refractivity contribution < 1.29 is 41.5 Å². The number of nitrogens with zero attached hydrogens (tertiary/aromatic N) is 2. The maximum atomic E-state index is 12.7. The molecular weight excluding hydrogens is 311 g/mol. The molecule has 21 heavy (non-hydrogen) atoms. The van der Waals surface area contributed by atoms with E-state index in [1.54, 1.807) is 0 Å². The topological polar surface area (TPSA) is 103 Å². The molecule has 0 aromatic carbocycles. The minimum Gasteiger partial charge on any atom is -0.481 e. The molecule has 0 aliphatic heterocycles. The Labute approximate surface area is 112 Å². The number of aromatic nitrogens is 1. The van der Waals surface area contributed by atoms with E-state index in [1.165, 1.54) is 0 Å². The number of carboxylic acids is 1. The van der Waals surface area contributed by atoms with Gasteiger partial charge in [-0.1, -0.05) is 0 Å². The smallest absolute Gasteiger partial charge is 0.481 e. The van der Waals surface area contributed by atoms with E-state index in [9.17, 15) is 36.9 Å². The van der Waals surface area contributed by atoms with Gasteiger partial charge in [-0.05, 0) is 0 Å². The second-order valence-corrected chi connectivity index (χ2v) is 3.52.